The lowest BCUT2D eigenvalue weighted by Gasteiger charge is -2.26. The first-order chi connectivity index (χ1) is 18.6. The van der Waals surface area contributed by atoms with Gasteiger partial charge in [0.25, 0.3) is 5.91 Å². The maximum absolute atomic E-state index is 12.6. The fourth-order valence-corrected chi connectivity index (χ4v) is 6.35. The van der Waals surface area contributed by atoms with Gasteiger partial charge in [0.1, 0.15) is 11.6 Å². The summed E-state index contributed by atoms with van der Waals surface area (Å²) in [6, 6.07) is 20.7. The molecule has 2 aromatic carbocycles. The van der Waals surface area contributed by atoms with E-state index in [1.165, 1.54) is 12.8 Å². The summed E-state index contributed by atoms with van der Waals surface area (Å²) in [5, 5.41) is 20.6. The van der Waals surface area contributed by atoms with Crippen LogP contribution in [0, 0.1) is 0 Å². The van der Waals surface area contributed by atoms with Crippen LogP contribution in [0.15, 0.2) is 60.7 Å². The van der Waals surface area contributed by atoms with Gasteiger partial charge in [-0.3, -0.25) is 4.79 Å². The molecule has 7 nitrogen and oxygen atoms in total. The van der Waals surface area contributed by atoms with Gasteiger partial charge in [0.15, 0.2) is 5.13 Å². The zero-order valence-electron chi connectivity index (χ0n) is 21.3. The van der Waals surface area contributed by atoms with Crippen molar-refractivity contribution in [3.8, 4) is 11.1 Å². The molecule has 2 heterocycles. The van der Waals surface area contributed by atoms with Gasteiger partial charge in [0.05, 0.1) is 16.3 Å². The molecule has 1 amide bonds. The van der Waals surface area contributed by atoms with E-state index in [1.54, 1.807) is 11.3 Å². The highest BCUT2D eigenvalue weighted by Crippen LogP contribution is 2.32. The maximum Gasteiger partial charge on any atom is 0.251 e. The Kier molecular flexibility index (Phi) is 7.25. The van der Waals surface area contributed by atoms with E-state index in [2.05, 4.69) is 28.1 Å². The van der Waals surface area contributed by atoms with Crippen LogP contribution in [0.25, 0.3) is 21.3 Å². The van der Waals surface area contributed by atoms with E-state index in [9.17, 15) is 9.90 Å². The van der Waals surface area contributed by atoms with Gasteiger partial charge >= 0.3 is 0 Å². The normalized spacial score (nSPS) is 19.9. The minimum atomic E-state index is -0.166. The number of benzene rings is 2. The van der Waals surface area contributed by atoms with Crippen LogP contribution in [-0.4, -0.2) is 39.2 Å². The quantitative estimate of drug-likeness (QED) is 0.219. The third-order valence-corrected chi connectivity index (χ3v) is 8.53. The molecule has 4 N–H and O–H groups in total. The van der Waals surface area contributed by atoms with Crippen molar-refractivity contribution in [1.29, 1.82) is 0 Å². The molecule has 2 aliphatic carbocycles. The fourth-order valence-electron chi connectivity index (χ4n) is 5.43. The molecule has 2 aromatic heterocycles. The summed E-state index contributed by atoms with van der Waals surface area (Å²) in [4.78, 5) is 22.0. The first kappa shape index (κ1) is 24.8. The number of anilines is 3. The number of aliphatic hydroxyl groups excluding tert-OH is 1. The summed E-state index contributed by atoms with van der Waals surface area (Å²) in [7, 11) is 0. The number of hydrogen-bond acceptors (Lipinski definition) is 7. The Balaban J connectivity index is 1.12. The SMILES string of the molecule is O=C(NC1CCCC1)c1ccc(-c2ccc3nc(Nc4cccc(N[C@H]5CC[C@H](O)CC5)n4)sc3c2)cc1. The van der Waals surface area contributed by atoms with E-state index in [0.29, 0.717) is 17.6 Å². The Bertz CT molecular complexity index is 1410. The van der Waals surface area contributed by atoms with Crippen LogP contribution in [0.1, 0.15) is 61.7 Å². The molecule has 0 atom stereocenters. The lowest BCUT2D eigenvalue weighted by Crippen LogP contribution is -2.32. The molecule has 0 radical (unpaired) electrons. The molecule has 4 aromatic rings. The Morgan fingerprint density at radius 2 is 1.55 bits per heavy atom. The predicted octanol–water partition coefficient (Wildman–Crippen LogP) is 6.49. The first-order valence-electron chi connectivity index (χ1n) is 13.6. The van der Waals surface area contributed by atoms with Crippen molar-refractivity contribution >= 4 is 44.2 Å². The molecule has 0 unspecified atom stereocenters. The van der Waals surface area contributed by atoms with Crippen molar-refractivity contribution in [2.24, 2.45) is 0 Å². The zero-order valence-corrected chi connectivity index (χ0v) is 22.1. The van der Waals surface area contributed by atoms with Crippen molar-refractivity contribution in [1.82, 2.24) is 15.3 Å². The number of thiazole rings is 1. The lowest BCUT2D eigenvalue weighted by molar-refractivity contribution is 0.0938. The Labute approximate surface area is 226 Å². The summed E-state index contributed by atoms with van der Waals surface area (Å²) >= 11 is 1.59. The standard InChI is InChI=1S/C30H33N5O2S/c36-24-15-13-23(14-16-24)31-27-6-3-7-28(34-27)35-30-33-25-17-12-21(18-26(25)38-30)19-8-10-20(11-9-19)29(37)32-22-4-1-2-5-22/h3,6-12,17-18,22-24,36H,1-2,4-5,13-16H2,(H,32,37)(H2,31,33,34,35)/t23-,24-. The highest BCUT2D eigenvalue weighted by Gasteiger charge is 2.20. The topological polar surface area (TPSA) is 99.2 Å². The van der Waals surface area contributed by atoms with Gasteiger partial charge in [0.2, 0.25) is 0 Å². The monoisotopic (exact) mass is 527 g/mol. The molecule has 0 aliphatic heterocycles. The van der Waals surface area contributed by atoms with Crippen LogP contribution in [0.2, 0.25) is 0 Å². The molecule has 2 aliphatic rings. The number of fused-ring (bicyclic) bond motifs is 1. The first-order valence-corrected chi connectivity index (χ1v) is 14.4. The van der Waals surface area contributed by atoms with E-state index in [0.717, 1.165) is 76.6 Å². The number of aromatic nitrogens is 2. The highest BCUT2D eigenvalue weighted by molar-refractivity contribution is 7.22. The molecule has 6 rings (SSSR count). The molecule has 0 spiro atoms. The number of carbonyl (C=O) groups is 1. The van der Waals surface area contributed by atoms with Crippen LogP contribution in [0.4, 0.5) is 16.8 Å². The average molecular weight is 528 g/mol. The van der Waals surface area contributed by atoms with Crippen LogP contribution in [0.3, 0.4) is 0 Å². The second-order valence-corrected chi connectivity index (χ2v) is 11.4. The third-order valence-electron chi connectivity index (χ3n) is 7.59. The summed E-state index contributed by atoms with van der Waals surface area (Å²) in [5.41, 5.74) is 3.81. The number of nitrogens with one attached hydrogen (secondary N) is 3. The summed E-state index contributed by atoms with van der Waals surface area (Å²) in [6.45, 7) is 0. The van der Waals surface area contributed by atoms with E-state index in [1.807, 2.05) is 48.5 Å². The van der Waals surface area contributed by atoms with Crippen molar-refractivity contribution < 1.29 is 9.90 Å². The van der Waals surface area contributed by atoms with Gasteiger partial charge in [-0.25, -0.2) is 9.97 Å². The van der Waals surface area contributed by atoms with Crippen molar-refractivity contribution in [2.45, 2.75) is 69.6 Å². The van der Waals surface area contributed by atoms with Crippen LogP contribution < -0.4 is 16.0 Å². The Morgan fingerprint density at radius 1 is 0.816 bits per heavy atom. The Morgan fingerprint density at radius 3 is 2.34 bits per heavy atom. The summed E-state index contributed by atoms with van der Waals surface area (Å²) < 4.78 is 1.09. The van der Waals surface area contributed by atoms with Gasteiger partial charge in [-0.05, 0) is 86.1 Å². The van der Waals surface area contributed by atoms with Gasteiger partial charge in [-0.2, -0.15) is 0 Å². The number of nitrogens with zero attached hydrogens (tertiary/aromatic N) is 2. The number of hydrogen-bond donors (Lipinski definition) is 4. The van der Waals surface area contributed by atoms with Crippen molar-refractivity contribution in [2.75, 3.05) is 10.6 Å². The lowest BCUT2D eigenvalue weighted by atomic mass is 9.93. The van der Waals surface area contributed by atoms with E-state index in [-0.39, 0.29) is 12.0 Å². The number of aliphatic hydroxyl groups is 1. The van der Waals surface area contributed by atoms with Crippen LogP contribution >= 0.6 is 11.3 Å². The van der Waals surface area contributed by atoms with E-state index < -0.39 is 0 Å². The second-order valence-electron chi connectivity index (χ2n) is 10.4. The van der Waals surface area contributed by atoms with Crippen molar-refractivity contribution in [3.05, 3.63) is 66.2 Å². The molecule has 2 saturated carbocycles. The molecule has 0 saturated heterocycles. The molecule has 196 valence electrons. The molecular formula is C30H33N5O2S. The smallest absolute Gasteiger partial charge is 0.251 e. The predicted molar refractivity (Wildman–Crippen MR) is 154 cm³/mol. The third kappa shape index (κ3) is 5.81. The molecule has 38 heavy (non-hydrogen) atoms. The summed E-state index contributed by atoms with van der Waals surface area (Å²) in [5.74, 6) is 1.60. The largest absolute Gasteiger partial charge is 0.393 e. The highest BCUT2D eigenvalue weighted by atomic mass is 32.1. The number of rotatable bonds is 7. The van der Waals surface area contributed by atoms with Crippen LogP contribution in [0.5, 0.6) is 0 Å². The maximum atomic E-state index is 12.6. The molecule has 0 bridgehead atoms. The minimum Gasteiger partial charge on any atom is -0.393 e. The van der Waals surface area contributed by atoms with Gasteiger partial charge < -0.3 is 21.1 Å². The number of pyridine rings is 1. The van der Waals surface area contributed by atoms with Gasteiger partial charge in [0, 0.05) is 17.6 Å². The Hall–Kier alpha value is -3.49. The number of amides is 1. The summed E-state index contributed by atoms with van der Waals surface area (Å²) in [6.07, 6.45) is 7.99. The van der Waals surface area contributed by atoms with Gasteiger partial charge in [-0.15, -0.1) is 0 Å². The molecule has 8 heteroatoms. The average Bonchev–Trinajstić information content (AvgIpc) is 3.59. The molecular weight excluding hydrogens is 494 g/mol. The van der Waals surface area contributed by atoms with Crippen LogP contribution in [-0.2, 0) is 0 Å². The fraction of sp³-hybridized carbons (Fsp3) is 0.367. The van der Waals surface area contributed by atoms with Crippen molar-refractivity contribution in [3.63, 3.8) is 0 Å². The van der Waals surface area contributed by atoms with E-state index in [4.69, 9.17) is 9.97 Å². The van der Waals surface area contributed by atoms with Gasteiger partial charge in [-0.1, -0.05) is 48.4 Å². The minimum absolute atomic E-state index is 0.0162. The number of carbonyl (C=O) groups excluding carboxylic acids is 1. The second kappa shape index (κ2) is 11.1. The zero-order chi connectivity index (χ0) is 25.9. The molecule has 2 fully saturated rings. The van der Waals surface area contributed by atoms with E-state index >= 15 is 0 Å².